The van der Waals surface area contributed by atoms with Crippen LogP contribution in [0.1, 0.15) is 6.92 Å². The van der Waals surface area contributed by atoms with E-state index in [2.05, 4.69) is 15.0 Å². The monoisotopic (exact) mass is 287 g/mol. The van der Waals surface area contributed by atoms with E-state index in [9.17, 15) is 5.11 Å². The topological polar surface area (TPSA) is 74.6 Å². The molecule has 1 atom stereocenters. The van der Waals surface area contributed by atoms with Crippen LogP contribution in [0.5, 0.6) is 0 Å². The Morgan fingerprint density at radius 1 is 1.37 bits per heavy atom. The number of morpholine rings is 1. The van der Waals surface area contributed by atoms with Crippen molar-refractivity contribution in [3.05, 3.63) is 5.28 Å². The van der Waals surface area contributed by atoms with Gasteiger partial charge in [-0.3, -0.25) is 0 Å². The molecule has 0 amide bonds. The lowest BCUT2D eigenvalue weighted by molar-refractivity contribution is 0.122. The molecule has 2 heterocycles. The van der Waals surface area contributed by atoms with E-state index in [-0.39, 0.29) is 17.9 Å². The van der Waals surface area contributed by atoms with Crippen molar-refractivity contribution in [1.29, 1.82) is 0 Å². The van der Waals surface area contributed by atoms with Gasteiger partial charge in [-0.15, -0.1) is 0 Å². The maximum Gasteiger partial charge on any atom is 0.231 e. The predicted molar refractivity (Wildman–Crippen MR) is 72.8 cm³/mol. The van der Waals surface area contributed by atoms with Gasteiger partial charge in [-0.25, -0.2) is 0 Å². The summed E-state index contributed by atoms with van der Waals surface area (Å²) in [6.45, 7) is 4.68. The van der Waals surface area contributed by atoms with E-state index in [1.165, 1.54) is 0 Å². The summed E-state index contributed by atoms with van der Waals surface area (Å²) in [5.41, 5.74) is 0. The van der Waals surface area contributed by atoms with Crippen molar-refractivity contribution in [2.24, 2.45) is 0 Å². The fourth-order valence-corrected chi connectivity index (χ4v) is 1.86. The van der Waals surface area contributed by atoms with Crippen LogP contribution in [-0.2, 0) is 4.74 Å². The second-order valence-electron chi connectivity index (χ2n) is 4.45. The predicted octanol–water partition coefficient (Wildman–Crippen LogP) is 0.179. The minimum absolute atomic E-state index is 0.0205. The van der Waals surface area contributed by atoms with Crippen LogP contribution in [0.4, 0.5) is 11.9 Å². The highest BCUT2D eigenvalue weighted by Crippen LogP contribution is 2.18. The first-order valence-corrected chi connectivity index (χ1v) is 6.57. The number of hydrogen-bond donors (Lipinski definition) is 1. The van der Waals surface area contributed by atoms with E-state index in [1.54, 1.807) is 4.90 Å². The van der Waals surface area contributed by atoms with Gasteiger partial charge in [0.25, 0.3) is 0 Å². The van der Waals surface area contributed by atoms with Gasteiger partial charge in [0, 0.05) is 20.1 Å². The van der Waals surface area contributed by atoms with Crippen LogP contribution >= 0.6 is 11.6 Å². The van der Waals surface area contributed by atoms with Gasteiger partial charge in [0.15, 0.2) is 0 Å². The van der Waals surface area contributed by atoms with E-state index in [4.69, 9.17) is 16.3 Å². The molecule has 1 fully saturated rings. The fourth-order valence-electron chi connectivity index (χ4n) is 1.71. The van der Waals surface area contributed by atoms with Crippen LogP contribution in [0.3, 0.4) is 0 Å². The molecule has 0 radical (unpaired) electrons. The normalized spacial score (nSPS) is 17.4. The van der Waals surface area contributed by atoms with E-state index in [0.29, 0.717) is 25.1 Å². The third-order valence-electron chi connectivity index (χ3n) is 3.12. The molecule has 1 unspecified atom stereocenters. The third kappa shape index (κ3) is 3.43. The zero-order valence-corrected chi connectivity index (χ0v) is 11.8. The Balaban J connectivity index is 2.23. The Labute approximate surface area is 117 Å². The summed E-state index contributed by atoms with van der Waals surface area (Å²) >= 11 is 5.95. The molecule has 1 aliphatic rings. The Morgan fingerprint density at radius 3 is 2.68 bits per heavy atom. The molecule has 19 heavy (non-hydrogen) atoms. The first-order valence-electron chi connectivity index (χ1n) is 6.19. The van der Waals surface area contributed by atoms with Gasteiger partial charge in [0.05, 0.1) is 25.9 Å². The average Bonchev–Trinajstić information content (AvgIpc) is 2.46. The number of aliphatic hydroxyl groups excluding tert-OH is 1. The second-order valence-corrected chi connectivity index (χ2v) is 4.78. The molecule has 1 aliphatic heterocycles. The van der Waals surface area contributed by atoms with Gasteiger partial charge in [-0.05, 0) is 18.5 Å². The Hall–Kier alpha value is -1.18. The van der Waals surface area contributed by atoms with Crippen molar-refractivity contribution in [2.75, 3.05) is 49.8 Å². The van der Waals surface area contributed by atoms with E-state index >= 15 is 0 Å². The highest BCUT2D eigenvalue weighted by molar-refractivity contribution is 6.28. The largest absolute Gasteiger partial charge is 0.394 e. The van der Waals surface area contributed by atoms with Crippen LogP contribution < -0.4 is 9.80 Å². The Bertz CT molecular complexity index is 407. The lowest BCUT2D eigenvalue weighted by atomic mass is 10.3. The number of likely N-dealkylation sites (N-methyl/N-ethyl adjacent to an activating group) is 1. The molecular formula is C11H18ClN5O2. The number of nitrogens with zero attached hydrogens (tertiary/aromatic N) is 5. The average molecular weight is 288 g/mol. The van der Waals surface area contributed by atoms with Crippen molar-refractivity contribution in [1.82, 2.24) is 15.0 Å². The van der Waals surface area contributed by atoms with Crippen LogP contribution in [0, 0.1) is 0 Å². The van der Waals surface area contributed by atoms with Crippen molar-refractivity contribution in [3.63, 3.8) is 0 Å². The van der Waals surface area contributed by atoms with Crippen LogP contribution in [-0.4, -0.2) is 66.1 Å². The van der Waals surface area contributed by atoms with Crippen LogP contribution in [0.2, 0.25) is 5.28 Å². The smallest absolute Gasteiger partial charge is 0.231 e. The van der Waals surface area contributed by atoms with Crippen molar-refractivity contribution >= 4 is 23.5 Å². The summed E-state index contributed by atoms with van der Waals surface area (Å²) in [6, 6.07) is -0.0870. The molecule has 0 aromatic carbocycles. The molecule has 1 saturated heterocycles. The maximum atomic E-state index is 9.18. The van der Waals surface area contributed by atoms with E-state index in [0.717, 1.165) is 13.1 Å². The van der Waals surface area contributed by atoms with Crippen molar-refractivity contribution in [3.8, 4) is 0 Å². The minimum atomic E-state index is -0.0870. The standard InChI is InChI=1S/C11H18ClN5O2/c1-8(7-18)16(2)10-13-9(12)14-11(15-10)17-3-5-19-6-4-17/h8,18H,3-7H2,1-2H3. The fraction of sp³-hybridized carbons (Fsp3) is 0.727. The Kier molecular flexibility index (Phi) is 4.73. The number of ether oxygens (including phenoxy) is 1. The molecule has 0 bridgehead atoms. The van der Waals surface area contributed by atoms with Crippen molar-refractivity contribution in [2.45, 2.75) is 13.0 Å². The lowest BCUT2D eigenvalue weighted by Crippen LogP contribution is -2.38. The molecule has 0 spiro atoms. The molecule has 1 aromatic heterocycles. The number of hydrogen-bond acceptors (Lipinski definition) is 7. The van der Waals surface area contributed by atoms with Gasteiger partial charge in [-0.1, -0.05) is 0 Å². The van der Waals surface area contributed by atoms with Gasteiger partial charge >= 0.3 is 0 Å². The van der Waals surface area contributed by atoms with Crippen LogP contribution in [0.15, 0.2) is 0 Å². The van der Waals surface area contributed by atoms with Gasteiger partial charge in [-0.2, -0.15) is 15.0 Å². The maximum absolute atomic E-state index is 9.18. The summed E-state index contributed by atoms with van der Waals surface area (Å²) in [7, 11) is 1.82. The van der Waals surface area contributed by atoms with Gasteiger partial charge < -0.3 is 19.6 Å². The van der Waals surface area contributed by atoms with Gasteiger partial charge in [0.1, 0.15) is 0 Å². The molecule has 1 aromatic rings. The molecule has 2 rings (SSSR count). The Morgan fingerprint density at radius 2 is 2.05 bits per heavy atom. The second kappa shape index (κ2) is 6.31. The molecule has 0 aliphatic carbocycles. The van der Waals surface area contributed by atoms with E-state index < -0.39 is 0 Å². The highest BCUT2D eigenvalue weighted by atomic mass is 35.5. The molecule has 106 valence electrons. The highest BCUT2D eigenvalue weighted by Gasteiger charge is 2.19. The summed E-state index contributed by atoms with van der Waals surface area (Å²) in [5, 5.41) is 9.34. The number of aliphatic hydroxyl groups is 1. The number of anilines is 2. The SMILES string of the molecule is CC(CO)N(C)c1nc(Cl)nc(N2CCOCC2)n1. The molecule has 1 N–H and O–H groups in total. The summed E-state index contributed by atoms with van der Waals surface area (Å²) in [5.74, 6) is 1.01. The van der Waals surface area contributed by atoms with Gasteiger partial charge in [0.2, 0.25) is 17.2 Å². The van der Waals surface area contributed by atoms with Crippen molar-refractivity contribution < 1.29 is 9.84 Å². The number of aromatic nitrogens is 3. The number of halogens is 1. The summed E-state index contributed by atoms with van der Waals surface area (Å²) in [6.07, 6.45) is 0. The lowest BCUT2D eigenvalue weighted by Gasteiger charge is -2.28. The van der Waals surface area contributed by atoms with E-state index in [1.807, 2.05) is 18.9 Å². The summed E-state index contributed by atoms with van der Waals surface area (Å²) in [4.78, 5) is 16.4. The molecular weight excluding hydrogens is 270 g/mol. The zero-order valence-electron chi connectivity index (χ0n) is 11.1. The summed E-state index contributed by atoms with van der Waals surface area (Å²) < 4.78 is 5.30. The number of rotatable bonds is 4. The third-order valence-corrected chi connectivity index (χ3v) is 3.29. The first-order chi connectivity index (χ1) is 9.11. The van der Waals surface area contributed by atoms with Crippen LogP contribution in [0.25, 0.3) is 0 Å². The molecule has 7 nitrogen and oxygen atoms in total. The molecule has 8 heteroatoms. The zero-order chi connectivity index (χ0) is 13.8. The molecule has 0 saturated carbocycles. The first kappa shape index (κ1) is 14.2. The minimum Gasteiger partial charge on any atom is -0.394 e. The quantitative estimate of drug-likeness (QED) is 0.846.